The molecule has 1 aromatic heterocycles. The molecule has 0 unspecified atom stereocenters. The number of ether oxygens (including phenoxy) is 1. The summed E-state index contributed by atoms with van der Waals surface area (Å²) in [5.74, 6) is 1.91. The maximum absolute atomic E-state index is 5.59. The molecule has 0 radical (unpaired) electrons. The molecule has 1 fully saturated rings. The Morgan fingerprint density at radius 2 is 1.68 bits per heavy atom. The Morgan fingerprint density at radius 3 is 2.50 bits per heavy atom. The van der Waals surface area contributed by atoms with Crippen molar-refractivity contribution in [3.8, 4) is 22.6 Å². The van der Waals surface area contributed by atoms with Crippen molar-refractivity contribution < 1.29 is 4.74 Å². The lowest BCUT2D eigenvalue weighted by Crippen LogP contribution is -2.37. The largest absolute Gasteiger partial charge is 0.378 e. The summed E-state index contributed by atoms with van der Waals surface area (Å²) in [6, 6.07) is 17.2. The van der Waals surface area contributed by atoms with Gasteiger partial charge in [-0.1, -0.05) is 54.1 Å². The molecule has 28 heavy (non-hydrogen) atoms. The smallest absolute Gasteiger partial charge is 0.162 e. The maximum atomic E-state index is 5.59. The van der Waals surface area contributed by atoms with Crippen LogP contribution >= 0.6 is 0 Å². The molecule has 0 amide bonds. The minimum Gasteiger partial charge on any atom is -0.378 e. The number of aromatic nitrogens is 2. The molecule has 2 aromatic carbocycles. The quantitative estimate of drug-likeness (QED) is 0.667. The summed E-state index contributed by atoms with van der Waals surface area (Å²) < 4.78 is 5.59. The van der Waals surface area contributed by atoms with E-state index in [2.05, 4.69) is 60.4 Å². The average Bonchev–Trinajstić information content (AvgIpc) is 2.94. The second-order valence-electron chi connectivity index (χ2n) is 7.67. The first-order chi connectivity index (χ1) is 13.8. The van der Waals surface area contributed by atoms with Crippen LogP contribution in [0.4, 0.5) is 5.82 Å². The lowest BCUT2D eigenvalue weighted by molar-refractivity contribution is 0.122. The van der Waals surface area contributed by atoms with Gasteiger partial charge in [-0.05, 0) is 31.7 Å². The van der Waals surface area contributed by atoms with Crippen LogP contribution in [-0.2, 0) is 17.6 Å². The first-order valence-corrected chi connectivity index (χ1v) is 10.2. The van der Waals surface area contributed by atoms with Crippen molar-refractivity contribution in [2.24, 2.45) is 0 Å². The van der Waals surface area contributed by atoms with Crippen LogP contribution in [0.25, 0.3) is 22.6 Å². The van der Waals surface area contributed by atoms with Crippen LogP contribution < -0.4 is 4.90 Å². The highest BCUT2D eigenvalue weighted by Crippen LogP contribution is 2.37. The number of morpholine rings is 1. The molecule has 1 aliphatic carbocycles. The molecule has 0 atom stereocenters. The fourth-order valence-corrected chi connectivity index (χ4v) is 4.22. The van der Waals surface area contributed by atoms with E-state index >= 15 is 0 Å². The second kappa shape index (κ2) is 7.36. The summed E-state index contributed by atoms with van der Waals surface area (Å²) in [5.41, 5.74) is 7.38. The summed E-state index contributed by atoms with van der Waals surface area (Å²) in [5, 5.41) is 0. The number of hydrogen-bond acceptors (Lipinski definition) is 4. The van der Waals surface area contributed by atoms with E-state index < -0.39 is 0 Å². The molecule has 2 aliphatic rings. The molecule has 3 aromatic rings. The van der Waals surface area contributed by atoms with Crippen molar-refractivity contribution >= 4 is 5.82 Å². The maximum Gasteiger partial charge on any atom is 0.162 e. The van der Waals surface area contributed by atoms with E-state index in [4.69, 9.17) is 14.7 Å². The van der Waals surface area contributed by atoms with Crippen LogP contribution in [0, 0.1) is 6.92 Å². The Hall–Kier alpha value is -2.72. The zero-order valence-corrected chi connectivity index (χ0v) is 16.3. The molecule has 0 saturated carbocycles. The fourth-order valence-electron chi connectivity index (χ4n) is 4.22. The van der Waals surface area contributed by atoms with E-state index in [1.54, 1.807) is 0 Å². The minimum absolute atomic E-state index is 0.759. The Kier molecular flexibility index (Phi) is 4.57. The Bertz CT molecular complexity index is 991. The topological polar surface area (TPSA) is 38.2 Å². The predicted octanol–water partition coefficient (Wildman–Crippen LogP) is 4.44. The van der Waals surface area contributed by atoms with Gasteiger partial charge in [0, 0.05) is 29.8 Å². The van der Waals surface area contributed by atoms with Crippen LogP contribution in [0.3, 0.4) is 0 Å². The monoisotopic (exact) mass is 371 g/mol. The van der Waals surface area contributed by atoms with Crippen molar-refractivity contribution in [3.05, 3.63) is 65.2 Å². The summed E-state index contributed by atoms with van der Waals surface area (Å²) in [4.78, 5) is 12.6. The third kappa shape index (κ3) is 3.18. The van der Waals surface area contributed by atoms with Gasteiger partial charge in [-0.2, -0.15) is 0 Å². The van der Waals surface area contributed by atoms with Crippen LogP contribution in [-0.4, -0.2) is 36.3 Å². The second-order valence-corrected chi connectivity index (χ2v) is 7.67. The van der Waals surface area contributed by atoms with Gasteiger partial charge in [-0.25, -0.2) is 9.97 Å². The zero-order valence-electron chi connectivity index (χ0n) is 16.3. The van der Waals surface area contributed by atoms with Gasteiger partial charge in [0.1, 0.15) is 5.82 Å². The van der Waals surface area contributed by atoms with Crippen molar-refractivity contribution in [3.63, 3.8) is 0 Å². The van der Waals surface area contributed by atoms with E-state index in [0.29, 0.717) is 0 Å². The average molecular weight is 371 g/mol. The van der Waals surface area contributed by atoms with E-state index in [0.717, 1.165) is 68.5 Å². The lowest BCUT2D eigenvalue weighted by Gasteiger charge is -2.30. The standard InChI is InChI=1S/C24H25N3O/c1-17-9-11-19(12-10-17)23-25-22-20-7-3-2-5-18(20)6-4-8-21(22)24(26-23)27-13-15-28-16-14-27/h2-3,5,7,9-12H,4,6,8,13-16H2,1H3. The third-order valence-electron chi connectivity index (χ3n) is 5.75. The Labute approximate surface area is 166 Å². The Balaban J connectivity index is 1.73. The van der Waals surface area contributed by atoms with Crippen molar-refractivity contribution in [1.29, 1.82) is 0 Å². The summed E-state index contributed by atoms with van der Waals surface area (Å²) in [6.45, 7) is 5.40. The van der Waals surface area contributed by atoms with Crippen LogP contribution in [0.1, 0.15) is 23.1 Å². The molecule has 142 valence electrons. The zero-order chi connectivity index (χ0) is 18.9. The molecular formula is C24H25N3O. The van der Waals surface area contributed by atoms with E-state index in [1.807, 2.05) is 0 Å². The van der Waals surface area contributed by atoms with Crippen LogP contribution in [0.2, 0.25) is 0 Å². The molecule has 0 spiro atoms. The number of nitrogens with zero attached hydrogens (tertiary/aromatic N) is 3. The van der Waals surface area contributed by atoms with Gasteiger partial charge in [0.05, 0.1) is 18.9 Å². The van der Waals surface area contributed by atoms with Gasteiger partial charge in [0.15, 0.2) is 5.82 Å². The number of benzene rings is 2. The molecule has 4 nitrogen and oxygen atoms in total. The lowest BCUT2D eigenvalue weighted by atomic mass is 10.0. The van der Waals surface area contributed by atoms with Crippen LogP contribution in [0.15, 0.2) is 48.5 Å². The molecule has 2 heterocycles. The van der Waals surface area contributed by atoms with E-state index in [9.17, 15) is 0 Å². The number of hydrogen-bond donors (Lipinski definition) is 0. The first-order valence-electron chi connectivity index (χ1n) is 10.2. The number of fused-ring (bicyclic) bond motifs is 3. The normalized spacial score (nSPS) is 16.2. The van der Waals surface area contributed by atoms with E-state index in [-0.39, 0.29) is 0 Å². The molecular weight excluding hydrogens is 346 g/mol. The summed E-state index contributed by atoms with van der Waals surface area (Å²) in [7, 11) is 0. The SMILES string of the molecule is Cc1ccc(-c2nc3c(c(N4CCOCC4)n2)CCCc2ccccc2-3)cc1. The molecule has 0 bridgehead atoms. The molecule has 1 saturated heterocycles. The van der Waals surface area contributed by atoms with Crippen molar-refractivity contribution in [2.45, 2.75) is 26.2 Å². The first kappa shape index (κ1) is 17.4. The van der Waals surface area contributed by atoms with E-state index in [1.165, 1.54) is 22.3 Å². The van der Waals surface area contributed by atoms with Gasteiger partial charge in [0.25, 0.3) is 0 Å². The molecule has 4 heteroatoms. The number of anilines is 1. The summed E-state index contributed by atoms with van der Waals surface area (Å²) in [6.07, 6.45) is 3.24. The number of aryl methyl sites for hydroxylation is 2. The van der Waals surface area contributed by atoms with Crippen molar-refractivity contribution in [1.82, 2.24) is 9.97 Å². The highest BCUT2D eigenvalue weighted by molar-refractivity contribution is 5.75. The van der Waals surface area contributed by atoms with Gasteiger partial charge in [-0.15, -0.1) is 0 Å². The predicted molar refractivity (Wildman–Crippen MR) is 113 cm³/mol. The summed E-state index contributed by atoms with van der Waals surface area (Å²) >= 11 is 0. The highest BCUT2D eigenvalue weighted by atomic mass is 16.5. The molecule has 0 N–H and O–H groups in total. The van der Waals surface area contributed by atoms with Crippen molar-refractivity contribution in [2.75, 3.05) is 31.2 Å². The molecule has 1 aliphatic heterocycles. The highest BCUT2D eigenvalue weighted by Gasteiger charge is 2.25. The number of rotatable bonds is 2. The minimum atomic E-state index is 0.759. The third-order valence-corrected chi connectivity index (χ3v) is 5.75. The van der Waals surface area contributed by atoms with Crippen LogP contribution in [0.5, 0.6) is 0 Å². The van der Waals surface area contributed by atoms with Gasteiger partial charge >= 0.3 is 0 Å². The Morgan fingerprint density at radius 1 is 0.893 bits per heavy atom. The van der Waals surface area contributed by atoms with Gasteiger partial charge < -0.3 is 9.64 Å². The van der Waals surface area contributed by atoms with Gasteiger partial charge in [0.2, 0.25) is 0 Å². The molecule has 5 rings (SSSR count). The van der Waals surface area contributed by atoms with Gasteiger partial charge in [-0.3, -0.25) is 0 Å². The fraction of sp³-hybridized carbons (Fsp3) is 0.333.